The van der Waals surface area contributed by atoms with Crippen LogP contribution >= 0.6 is 0 Å². The van der Waals surface area contributed by atoms with Gasteiger partial charge in [-0.05, 0) is 43.0 Å². The van der Waals surface area contributed by atoms with Crippen molar-refractivity contribution >= 4 is 21.7 Å². The van der Waals surface area contributed by atoms with Gasteiger partial charge in [0.25, 0.3) is 0 Å². The van der Waals surface area contributed by atoms with Crippen molar-refractivity contribution in [3.63, 3.8) is 0 Å². The molecule has 0 N–H and O–H groups in total. The summed E-state index contributed by atoms with van der Waals surface area (Å²) in [5.41, 5.74) is 5.15. The summed E-state index contributed by atoms with van der Waals surface area (Å²) in [6, 6.07) is 19.2. The predicted octanol–water partition coefficient (Wildman–Crippen LogP) is 5.81. The van der Waals surface area contributed by atoms with E-state index >= 15 is 0 Å². The molecule has 0 saturated heterocycles. The van der Waals surface area contributed by atoms with E-state index in [1.807, 2.05) is 36.4 Å². The Morgan fingerprint density at radius 3 is 2.35 bits per heavy atom. The second kappa shape index (κ2) is 5.17. The molecule has 3 aromatic carbocycles. The summed E-state index contributed by atoms with van der Waals surface area (Å²) in [5, 5.41) is 2.98. The molecule has 0 bridgehead atoms. The lowest BCUT2D eigenvalue weighted by Crippen LogP contribution is -1.93. The average molecular weight is 301 g/mol. The van der Waals surface area contributed by atoms with Crippen molar-refractivity contribution in [3.05, 3.63) is 77.6 Å². The normalized spacial score (nSPS) is 11.3. The van der Waals surface area contributed by atoms with Crippen molar-refractivity contribution in [3.8, 4) is 11.3 Å². The Morgan fingerprint density at radius 2 is 1.57 bits per heavy atom. The van der Waals surface area contributed by atoms with Crippen LogP contribution in [0.5, 0.6) is 0 Å². The number of fused-ring (bicyclic) bond motifs is 3. The number of hydrogen-bond donors (Lipinski definition) is 0. The van der Waals surface area contributed by atoms with Crippen LogP contribution in [-0.2, 0) is 0 Å². The van der Waals surface area contributed by atoms with E-state index in [0.717, 1.165) is 38.5 Å². The molecule has 0 atom stereocenters. The number of benzene rings is 3. The summed E-state index contributed by atoms with van der Waals surface area (Å²) in [5.74, 6) is -0.236. The first-order chi connectivity index (χ1) is 11.1. The van der Waals surface area contributed by atoms with Crippen molar-refractivity contribution in [2.45, 2.75) is 13.8 Å². The zero-order chi connectivity index (χ0) is 16.0. The Bertz CT molecular complexity index is 1040. The minimum Gasteiger partial charge on any atom is -0.247 e. The van der Waals surface area contributed by atoms with Gasteiger partial charge in [0.2, 0.25) is 0 Å². The molecule has 0 aliphatic rings. The Balaban J connectivity index is 2.22. The smallest absolute Gasteiger partial charge is 0.123 e. The van der Waals surface area contributed by atoms with Crippen LogP contribution in [0.25, 0.3) is 32.9 Å². The molecular weight excluding hydrogens is 285 g/mol. The standard InChI is InChI=1S/C21H16FN/c1-13-10-14(2)20-18(11-13)17-9-8-16(22)12-19(17)21(23-20)15-6-4-3-5-7-15/h3-12H,1-2H3. The van der Waals surface area contributed by atoms with Crippen molar-refractivity contribution in [2.24, 2.45) is 0 Å². The molecule has 0 unspecified atom stereocenters. The minimum atomic E-state index is -0.236. The van der Waals surface area contributed by atoms with Gasteiger partial charge in [-0.15, -0.1) is 0 Å². The van der Waals surface area contributed by atoms with E-state index < -0.39 is 0 Å². The van der Waals surface area contributed by atoms with Crippen LogP contribution in [-0.4, -0.2) is 4.98 Å². The minimum absolute atomic E-state index is 0.236. The molecular formula is C21H16FN. The largest absolute Gasteiger partial charge is 0.247 e. The van der Waals surface area contributed by atoms with Gasteiger partial charge in [0.05, 0.1) is 11.2 Å². The number of aryl methyl sites for hydroxylation is 2. The predicted molar refractivity (Wildman–Crippen MR) is 94.1 cm³/mol. The monoisotopic (exact) mass is 301 g/mol. The van der Waals surface area contributed by atoms with E-state index in [4.69, 9.17) is 4.98 Å². The molecule has 0 aliphatic heterocycles. The number of halogens is 1. The summed E-state index contributed by atoms with van der Waals surface area (Å²) < 4.78 is 13.9. The van der Waals surface area contributed by atoms with Crippen LogP contribution in [0.3, 0.4) is 0 Å². The first-order valence-electron chi connectivity index (χ1n) is 7.69. The van der Waals surface area contributed by atoms with Crippen molar-refractivity contribution in [2.75, 3.05) is 0 Å². The lowest BCUT2D eigenvalue weighted by molar-refractivity contribution is 0.630. The summed E-state index contributed by atoms with van der Waals surface area (Å²) in [7, 11) is 0. The van der Waals surface area contributed by atoms with Gasteiger partial charge in [-0.2, -0.15) is 0 Å². The van der Waals surface area contributed by atoms with Gasteiger partial charge in [-0.1, -0.05) is 48.0 Å². The van der Waals surface area contributed by atoms with Crippen molar-refractivity contribution in [1.82, 2.24) is 4.98 Å². The second-order valence-corrected chi connectivity index (χ2v) is 5.99. The summed E-state index contributed by atoms with van der Waals surface area (Å²) in [6.45, 7) is 4.15. The number of pyridine rings is 1. The van der Waals surface area contributed by atoms with Gasteiger partial charge in [0.15, 0.2) is 0 Å². The fourth-order valence-electron chi connectivity index (χ4n) is 3.25. The highest BCUT2D eigenvalue weighted by molar-refractivity contribution is 6.11. The van der Waals surface area contributed by atoms with E-state index in [0.29, 0.717) is 0 Å². The highest BCUT2D eigenvalue weighted by atomic mass is 19.1. The van der Waals surface area contributed by atoms with Crippen LogP contribution in [0.4, 0.5) is 4.39 Å². The second-order valence-electron chi connectivity index (χ2n) is 5.99. The fraction of sp³-hybridized carbons (Fsp3) is 0.0952. The lowest BCUT2D eigenvalue weighted by atomic mass is 9.97. The third-order valence-electron chi connectivity index (χ3n) is 4.24. The van der Waals surface area contributed by atoms with Crippen molar-refractivity contribution < 1.29 is 4.39 Å². The van der Waals surface area contributed by atoms with E-state index in [-0.39, 0.29) is 5.82 Å². The van der Waals surface area contributed by atoms with Gasteiger partial charge < -0.3 is 0 Å². The first-order valence-corrected chi connectivity index (χ1v) is 7.69. The molecule has 2 heteroatoms. The van der Waals surface area contributed by atoms with Crippen LogP contribution < -0.4 is 0 Å². The van der Waals surface area contributed by atoms with Crippen LogP contribution in [0.15, 0.2) is 60.7 Å². The number of hydrogen-bond acceptors (Lipinski definition) is 1. The fourth-order valence-corrected chi connectivity index (χ4v) is 3.25. The molecule has 4 rings (SSSR count). The van der Waals surface area contributed by atoms with Gasteiger partial charge >= 0.3 is 0 Å². The molecule has 1 heterocycles. The van der Waals surface area contributed by atoms with E-state index in [2.05, 4.69) is 26.0 Å². The Kier molecular flexibility index (Phi) is 3.12. The molecule has 0 spiro atoms. The highest BCUT2D eigenvalue weighted by Gasteiger charge is 2.12. The molecule has 1 nitrogen and oxygen atoms in total. The third-order valence-corrected chi connectivity index (χ3v) is 4.24. The first kappa shape index (κ1) is 13.9. The van der Waals surface area contributed by atoms with Crippen LogP contribution in [0.1, 0.15) is 11.1 Å². The maximum Gasteiger partial charge on any atom is 0.123 e. The molecule has 112 valence electrons. The molecule has 0 saturated carbocycles. The van der Waals surface area contributed by atoms with Crippen LogP contribution in [0, 0.1) is 19.7 Å². The van der Waals surface area contributed by atoms with E-state index in [1.54, 1.807) is 6.07 Å². The topological polar surface area (TPSA) is 12.9 Å². The number of nitrogens with zero attached hydrogens (tertiary/aromatic N) is 1. The van der Waals surface area contributed by atoms with Gasteiger partial charge in [0.1, 0.15) is 5.82 Å². The zero-order valence-corrected chi connectivity index (χ0v) is 13.1. The lowest BCUT2D eigenvalue weighted by Gasteiger charge is -2.12. The SMILES string of the molecule is Cc1cc(C)c2nc(-c3ccccc3)c3cc(F)ccc3c2c1. The average Bonchev–Trinajstić information content (AvgIpc) is 2.55. The highest BCUT2D eigenvalue weighted by Crippen LogP contribution is 2.34. The summed E-state index contributed by atoms with van der Waals surface area (Å²) >= 11 is 0. The maximum atomic E-state index is 13.9. The van der Waals surface area contributed by atoms with E-state index in [1.165, 1.54) is 11.6 Å². The van der Waals surface area contributed by atoms with Gasteiger partial charge in [-0.3, -0.25) is 0 Å². The third kappa shape index (κ3) is 2.27. The van der Waals surface area contributed by atoms with E-state index in [9.17, 15) is 4.39 Å². The Hall–Kier alpha value is -2.74. The summed E-state index contributed by atoms with van der Waals surface area (Å²) in [4.78, 5) is 4.89. The van der Waals surface area contributed by atoms with Crippen molar-refractivity contribution in [1.29, 1.82) is 0 Å². The molecule has 4 aromatic rings. The molecule has 1 aromatic heterocycles. The molecule has 0 radical (unpaired) electrons. The maximum absolute atomic E-state index is 13.9. The Labute approximate surface area is 134 Å². The quantitative estimate of drug-likeness (QED) is 0.404. The van der Waals surface area contributed by atoms with Crippen LogP contribution in [0.2, 0.25) is 0 Å². The zero-order valence-electron chi connectivity index (χ0n) is 13.1. The molecule has 0 fully saturated rings. The molecule has 0 aliphatic carbocycles. The summed E-state index contributed by atoms with van der Waals surface area (Å²) in [6.07, 6.45) is 0. The van der Waals surface area contributed by atoms with Gasteiger partial charge in [-0.25, -0.2) is 9.37 Å². The molecule has 0 amide bonds. The Morgan fingerprint density at radius 1 is 0.783 bits per heavy atom. The number of aromatic nitrogens is 1. The van der Waals surface area contributed by atoms with Gasteiger partial charge in [0, 0.05) is 16.3 Å². The number of rotatable bonds is 1. The molecule has 23 heavy (non-hydrogen) atoms.